The maximum atomic E-state index is 11.2. The molecule has 0 aromatic rings. The minimum absolute atomic E-state index is 0.0711. The van der Waals surface area contributed by atoms with E-state index in [1.807, 2.05) is 27.7 Å². The number of β-amino-alcohol motifs (C(OH)–C–C–N with tert-alkyl or cyclic N) is 1. The van der Waals surface area contributed by atoms with Gasteiger partial charge in [0.25, 0.3) is 0 Å². The summed E-state index contributed by atoms with van der Waals surface area (Å²) < 4.78 is 30.9. The first-order chi connectivity index (χ1) is 16.8. The molecule has 8 nitrogen and oxygen atoms in total. The van der Waals surface area contributed by atoms with Crippen molar-refractivity contribution >= 4 is 0 Å². The number of fused-ring (bicyclic) bond motifs is 1. The molecule has 3 heterocycles. The summed E-state index contributed by atoms with van der Waals surface area (Å²) in [6.07, 6.45) is 8.56. The van der Waals surface area contributed by atoms with Gasteiger partial charge < -0.3 is 34.5 Å². The summed E-state index contributed by atoms with van der Waals surface area (Å²) in [5.41, 5.74) is 6.18. The molecule has 0 amide bonds. The van der Waals surface area contributed by atoms with E-state index < -0.39 is 30.4 Å². The summed E-state index contributed by atoms with van der Waals surface area (Å²) in [4.78, 5) is 2.28. The Morgan fingerprint density at radius 1 is 1.06 bits per heavy atom. The standard InChI is InChI=1S/C27H52N2O6/c1-6-8-9-10-11-12-13-17-31-22(7-2)32-26-25-24(34-27(4,5)35-25)23(33-26)21(30)18-29-16-14-15-20(29)19(3)28/h19-26,30H,6-18,28H2,1-5H3/t19?,20?,21-,22?,23-,24+,25+,26+/m1/s1. The second kappa shape index (κ2) is 14.0. The van der Waals surface area contributed by atoms with Crippen molar-refractivity contribution in [1.82, 2.24) is 4.90 Å². The van der Waals surface area contributed by atoms with Crippen molar-refractivity contribution in [2.75, 3.05) is 19.7 Å². The van der Waals surface area contributed by atoms with Crippen molar-refractivity contribution < 1.29 is 28.8 Å². The van der Waals surface area contributed by atoms with Crippen LogP contribution in [0.2, 0.25) is 0 Å². The van der Waals surface area contributed by atoms with Crippen LogP contribution in [0, 0.1) is 0 Å². The van der Waals surface area contributed by atoms with E-state index in [1.54, 1.807) is 0 Å². The fourth-order valence-corrected chi connectivity index (χ4v) is 5.71. The number of rotatable bonds is 16. The number of hydrogen-bond acceptors (Lipinski definition) is 8. The van der Waals surface area contributed by atoms with Gasteiger partial charge in [0.1, 0.15) is 18.3 Å². The Hall–Kier alpha value is -0.320. The third-order valence-corrected chi connectivity index (χ3v) is 7.54. The van der Waals surface area contributed by atoms with Crippen LogP contribution in [0.3, 0.4) is 0 Å². The molecule has 206 valence electrons. The molecule has 3 N–H and O–H groups in total. The first-order valence-electron chi connectivity index (χ1n) is 14.2. The molecular formula is C27H52N2O6. The molecular weight excluding hydrogens is 448 g/mol. The van der Waals surface area contributed by atoms with Crippen LogP contribution >= 0.6 is 0 Å². The van der Waals surface area contributed by atoms with Crippen LogP contribution in [0.25, 0.3) is 0 Å². The number of nitrogens with zero attached hydrogens (tertiary/aromatic N) is 1. The van der Waals surface area contributed by atoms with E-state index in [1.165, 1.54) is 38.5 Å². The summed E-state index contributed by atoms with van der Waals surface area (Å²) in [6, 6.07) is 0.359. The number of hydrogen-bond donors (Lipinski definition) is 2. The Bertz CT molecular complexity index is 606. The smallest absolute Gasteiger partial charge is 0.190 e. The number of aliphatic hydroxyl groups is 1. The number of ether oxygens (including phenoxy) is 5. The monoisotopic (exact) mass is 500 g/mol. The van der Waals surface area contributed by atoms with E-state index >= 15 is 0 Å². The van der Waals surface area contributed by atoms with Crippen LogP contribution in [-0.2, 0) is 23.7 Å². The van der Waals surface area contributed by atoms with Gasteiger partial charge in [-0.1, -0.05) is 52.4 Å². The predicted octanol–water partition coefficient (Wildman–Crippen LogP) is 3.92. The maximum Gasteiger partial charge on any atom is 0.190 e. The second-order valence-electron chi connectivity index (χ2n) is 11.1. The van der Waals surface area contributed by atoms with Crippen molar-refractivity contribution in [3.8, 4) is 0 Å². The van der Waals surface area contributed by atoms with Gasteiger partial charge in [-0.2, -0.15) is 0 Å². The zero-order chi connectivity index (χ0) is 25.4. The summed E-state index contributed by atoms with van der Waals surface area (Å²) in [5.74, 6) is -0.749. The normalized spacial score (nSPS) is 33.2. The molecule has 0 radical (unpaired) electrons. The quantitative estimate of drug-likeness (QED) is 0.243. The first kappa shape index (κ1) is 29.2. The van der Waals surface area contributed by atoms with Crippen molar-refractivity contribution in [2.24, 2.45) is 5.73 Å². The molecule has 35 heavy (non-hydrogen) atoms. The van der Waals surface area contributed by atoms with Crippen molar-refractivity contribution in [2.45, 2.75) is 154 Å². The molecule has 3 unspecified atom stereocenters. The third-order valence-electron chi connectivity index (χ3n) is 7.54. The zero-order valence-corrected chi connectivity index (χ0v) is 22.8. The van der Waals surface area contributed by atoms with Crippen molar-refractivity contribution in [3.63, 3.8) is 0 Å². The lowest BCUT2D eigenvalue weighted by Gasteiger charge is -2.32. The molecule has 8 atom stereocenters. The number of unbranched alkanes of at least 4 members (excludes halogenated alkanes) is 6. The van der Waals surface area contributed by atoms with Gasteiger partial charge in [0.15, 0.2) is 18.4 Å². The van der Waals surface area contributed by atoms with Crippen LogP contribution in [0.1, 0.15) is 98.8 Å². The van der Waals surface area contributed by atoms with E-state index in [0.29, 0.717) is 13.2 Å². The highest BCUT2D eigenvalue weighted by molar-refractivity contribution is 4.99. The Morgan fingerprint density at radius 3 is 2.43 bits per heavy atom. The summed E-state index contributed by atoms with van der Waals surface area (Å²) in [7, 11) is 0. The van der Waals surface area contributed by atoms with E-state index in [4.69, 9.17) is 29.4 Å². The average Bonchev–Trinajstić information content (AvgIpc) is 3.48. The zero-order valence-electron chi connectivity index (χ0n) is 22.8. The fourth-order valence-electron chi connectivity index (χ4n) is 5.71. The Morgan fingerprint density at radius 2 is 1.74 bits per heavy atom. The average molecular weight is 501 g/mol. The van der Waals surface area contributed by atoms with Gasteiger partial charge in [0, 0.05) is 25.2 Å². The first-order valence-corrected chi connectivity index (χ1v) is 14.2. The van der Waals surface area contributed by atoms with Crippen LogP contribution < -0.4 is 5.73 Å². The largest absolute Gasteiger partial charge is 0.389 e. The van der Waals surface area contributed by atoms with E-state index in [0.717, 1.165) is 32.2 Å². The molecule has 3 rings (SSSR count). The lowest BCUT2D eigenvalue weighted by atomic mass is 10.0. The van der Waals surface area contributed by atoms with Gasteiger partial charge >= 0.3 is 0 Å². The summed E-state index contributed by atoms with van der Waals surface area (Å²) in [6.45, 7) is 12.2. The van der Waals surface area contributed by atoms with Gasteiger partial charge in [-0.25, -0.2) is 0 Å². The minimum Gasteiger partial charge on any atom is -0.389 e. The lowest BCUT2D eigenvalue weighted by molar-refractivity contribution is -0.287. The number of aliphatic hydroxyl groups excluding tert-OH is 1. The molecule has 0 saturated carbocycles. The molecule has 8 heteroatoms. The van der Waals surface area contributed by atoms with Crippen LogP contribution in [0.4, 0.5) is 0 Å². The molecule has 3 fully saturated rings. The Balaban J connectivity index is 1.50. The maximum absolute atomic E-state index is 11.2. The summed E-state index contributed by atoms with van der Waals surface area (Å²) in [5, 5.41) is 11.2. The van der Waals surface area contributed by atoms with Gasteiger partial charge in [0.2, 0.25) is 0 Å². The highest BCUT2D eigenvalue weighted by atomic mass is 16.8. The molecule has 0 spiro atoms. The van der Waals surface area contributed by atoms with Gasteiger partial charge in [-0.05, 0) is 53.0 Å². The number of likely N-dealkylation sites (tertiary alicyclic amines) is 1. The van der Waals surface area contributed by atoms with Crippen LogP contribution in [-0.4, -0.2) is 84.6 Å². The van der Waals surface area contributed by atoms with Gasteiger partial charge in [0.05, 0.1) is 6.10 Å². The highest BCUT2D eigenvalue weighted by Crippen LogP contribution is 2.41. The highest BCUT2D eigenvalue weighted by Gasteiger charge is 2.58. The molecule has 0 aliphatic carbocycles. The van der Waals surface area contributed by atoms with Crippen molar-refractivity contribution in [3.05, 3.63) is 0 Å². The minimum atomic E-state index is -0.749. The summed E-state index contributed by atoms with van der Waals surface area (Å²) >= 11 is 0. The molecule has 0 aromatic heterocycles. The Labute approximate surface area is 213 Å². The van der Waals surface area contributed by atoms with E-state index in [-0.39, 0.29) is 24.5 Å². The van der Waals surface area contributed by atoms with Crippen molar-refractivity contribution in [1.29, 1.82) is 0 Å². The molecule has 3 saturated heterocycles. The second-order valence-corrected chi connectivity index (χ2v) is 11.1. The van der Waals surface area contributed by atoms with Crippen LogP contribution in [0.5, 0.6) is 0 Å². The van der Waals surface area contributed by atoms with Gasteiger partial charge in [-0.3, -0.25) is 4.90 Å². The fraction of sp³-hybridized carbons (Fsp3) is 1.00. The molecule has 3 aliphatic heterocycles. The Kier molecular flexibility index (Phi) is 11.7. The van der Waals surface area contributed by atoms with Crippen LogP contribution in [0.15, 0.2) is 0 Å². The lowest BCUT2D eigenvalue weighted by Crippen LogP contribution is -2.49. The molecule has 0 aromatic carbocycles. The number of nitrogens with two attached hydrogens (primary N) is 1. The van der Waals surface area contributed by atoms with E-state index in [9.17, 15) is 5.11 Å². The van der Waals surface area contributed by atoms with E-state index in [2.05, 4.69) is 11.8 Å². The molecule has 0 bridgehead atoms. The SMILES string of the molecule is CCCCCCCCCOC(CC)O[C@H]1O[C@H]([C@H](O)CN2CCCC2C(C)N)[C@@H]2OC(C)(C)O[C@H]12. The molecule has 3 aliphatic rings. The third kappa shape index (κ3) is 8.34. The topological polar surface area (TPSA) is 95.6 Å². The van der Waals surface area contributed by atoms with Gasteiger partial charge in [-0.15, -0.1) is 0 Å². The predicted molar refractivity (Wildman–Crippen MR) is 136 cm³/mol.